The van der Waals surface area contributed by atoms with Crippen LogP contribution in [0.4, 0.5) is 0 Å². The van der Waals surface area contributed by atoms with Crippen LogP contribution in [-0.4, -0.2) is 20.6 Å². The Bertz CT molecular complexity index is 645. The largest absolute Gasteiger partial charge is 0.239 e. The lowest BCUT2D eigenvalue weighted by Crippen LogP contribution is -1.90. The van der Waals surface area contributed by atoms with E-state index in [2.05, 4.69) is 45.7 Å². The maximum Gasteiger partial charge on any atom is 0.179 e. The highest BCUT2D eigenvalue weighted by molar-refractivity contribution is 5.75. The van der Waals surface area contributed by atoms with E-state index < -0.39 is 0 Å². The van der Waals surface area contributed by atoms with Crippen molar-refractivity contribution in [3.63, 3.8) is 0 Å². The lowest BCUT2D eigenvalue weighted by atomic mass is 9.96. The van der Waals surface area contributed by atoms with Crippen LogP contribution in [-0.2, 0) is 0 Å². The minimum Gasteiger partial charge on any atom is -0.239 e. The smallest absolute Gasteiger partial charge is 0.179 e. The summed E-state index contributed by atoms with van der Waals surface area (Å²) in [5.41, 5.74) is 4.42. The first kappa shape index (κ1) is 10.7. The van der Waals surface area contributed by atoms with Crippen LogP contribution in [0.25, 0.3) is 22.5 Å². The van der Waals surface area contributed by atoms with Gasteiger partial charge in [0.2, 0.25) is 0 Å². The molecule has 1 heterocycles. The monoisotopic (exact) mass is 235 g/mol. The van der Waals surface area contributed by atoms with E-state index in [1.165, 1.54) is 5.56 Å². The van der Waals surface area contributed by atoms with Crippen LogP contribution >= 0.6 is 0 Å². The van der Waals surface area contributed by atoms with Gasteiger partial charge in [-0.1, -0.05) is 30.3 Å². The summed E-state index contributed by atoms with van der Waals surface area (Å²) in [6.07, 6.45) is 0. The van der Waals surface area contributed by atoms with E-state index in [4.69, 9.17) is 0 Å². The zero-order valence-electron chi connectivity index (χ0n) is 9.88. The number of nitrogens with zero attached hydrogens (tertiary/aromatic N) is 3. The first-order chi connectivity index (χ1) is 8.86. The fourth-order valence-electron chi connectivity index (χ4n) is 2.01. The van der Waals surface area contributed by atoms with Gasteiger partial charge in [-0.15, -0.1) is 5.10 Å². The Labute approximate surface area is 105 Å². The van der Waals surface area contributed by atoms with Crippen molar-refractivity contribution in [2.75, 3.05) is 0 Å². The molecule has 1 aromatic heterocycles. The Kier molecular flexibility index (Phi) is 2.61. The molecular weight excluding hydrogens is 224 g/mol. The van der Waals surface area contributed by atoms with Gasteiger partial charge < -0.3 is 0 Å². The molecule has 0 aliphatic carbocycles. The molecule has 1 radical (unpaired) electrons. The fraction of sp³-hybridized carbons (Fsp3) is 0.0714. The fourth-order valence-corrected chi connectivity index (χ4v) is 2.01. The van der Waals surface area contributed by atoms with E-state index in [0.717, 1.165) is 16.7 Å². The minimum absolute atomic E-state index is 0.668. The Hall–Kier alpha value is -2.49. The molecule has 0 saturated carbocycles. The molecule has 4 nitrogen and oxygen atoms in total. The van der Waals surface area contributed by atoms with Gasteiger partial charge in [0.1, 0.15) is 0 Å². The van der Waals surface area contributed by atoms with Gasteiger partial charge in [-0.3, -0.25) is 0 Å². The van der Waals surface area contributed by atoms with E-state index in [-0.39, 0.29) is 0 Å². The molecule has 0 fully saturated rings. The summed E-state index contributed by atoms with van der Waals surface area (Å²) in [6.45, 7) is 2.06. The van der Waals surface area contributed by atoms with Crippen LogP contribution in [0.1, 0.15) is 5.56 Å². The van der Waals surface area contributed by atoms with Crippen molar-refractivity contribution < 1.29 is 0 Å². The highest BCUT2D eigenvalue weighted by atomic mass is 15.5. The molecule has 0 atom stereocenters. The molecule has 0 bridgehead atoms. The molecule has 18 heavy (non-hydrogen) atoms. The van der Waals surface area contributed by atoms with Gasteiger partial charge in [-0.05, 0) is 52.2 Å². The summed E-state index contributed by atoms with van der Waals surface area (Å²) in [6, 6.07) is 17.2. The van der Waals surface area contributed by atoms with E-state index in [1.54, 1.807) is 0 Å². The van der Waals surface area contributed by atoms with Crippen LogP contribution in [0.2, 0.25) is 0 Å². The van der Waals surface area contributed by atoms with E-state index in [9.17, 15) is 0 Å². The summed E-state index contributed by atoms with van der Waals surface area (Å²) in [5.74, 6) is 0.668. The minimum atomic E-state index is 0.668. The summed E-state index contributed by atoms with van der Waals surface area (Å²) < 4.78 is 0. The van der Waals surface area contributed by atoms with Gasteiger partial charge in [0.15, 0.2) is 5.82 Å². The second-order valence-electron chi connectivity index (χ2n) is 4.02. The molecule has 1 N–H and O–H groups in total. The van der Waals surface area contributed by atoms with Gasteiger partial charge in [0, 0.05) is 5.56 Å². The topological polar surface area (TPSA) is 54.5 Å². The van der Waals surface area contributed by atoms with Crippen molar-refractivity contribution in [3.05, 3.63) is 54.1 Å². The van der Waals surface area contributed by atoms with E-state index in [0.29, 0.717) is 5.82 Å². The van der Waals surface area contributed by atoms with Crippen molar-refractivity contribution in [1.82, 2.24) is 20.6 Å². The van der Waals surface area contributed by atoms with Crippen LogP contribution in [0.15, 0.2) is 42.5 Å². The molecule has 0 unspecified atom stereocenters. The number of nitrogens with one attached hydrogen (secondary N) is 1. The molecule has 0 amide bonds. The van der Waals surface area contributed by atoms with Gasteiger partial charge in [-0.2, -0.15) is 0 Å². The lowest BCUT2D eigenvalue weighted by Gasteiger charge is -2.09. The number of tetrazole rings is 1. The molecule has 0 aliphatic heterocycles. The third kappa shape index (κ3) is 1.78. The van der Waals surface area contributed by atoms with Gasteiger partial charge in [0.25, 0.3) is 0 Å². The summed E-state index contributed by atoms with van der Waals surface area (Å²) in [4.78, 5) is 0. The number of hydrogen-bond acceptors (Lipinski definition) is 3. The average Bonchev–Trinajstić information content (AvgIpc) is 2.94. The number of aromatic nitrogens is 4. The van der Waals surface area contributed by atoms with Gasteiger partial charge in [0.05, 0.1) is 0 Å². The normalized spacial score (nSPS) is 10.5. The zero-order chi connectivity index (χ0) is 12.4. The Morgan fingerprint density at radius 2 is 1.83 bits per heavy atom. The van der Waals surface area contributed by atoms with Crippen LogP contribution < -0.4 is 0 Å². The first-order valence-corrected chi connectivity index (χ1v) is 5.66. The van der Waals surface area contributed by atoms with Crippen molar-refractivity contribution in [3.8, 4) is 22.5 Å². The molecule has 87 valence electrons. The number of hydrogen-bond donors (Lipinski definition) is 1. The molecule has 0 spiro atoms. The predicted octanol–water partition coefficient (Wildman–Crippen LogP) is 2.64. The Morgan fingerprint density at radius 1 is 1.06 bits per heavy atom. The standard InChI is InChI=1S/C14H11N4/c1-10-12(11-6-3-2-4-7-11)8-5-9-13(10)14-15-17-18-16-14/h2-4,6-9H,1H3,(H,15,16,17,18). The maximum absolute atomic E-state index is 3.95. The quantitative estimate of drug-likeness (QED) is 0.742. The first-order valence-electron chi connectivity index (χ1n) is 5.66. The van der Waals surface area contributed by atoms with E-state index >= 15 is 0 Å². The van der Waals surface area contributed by atoms with Crippen molar-refractivity contribution in [2.24, 2.45) is 0 Å². The summed E-state index contributed by atoms with van der Waals surface area (Å²) >= 11 is 0. The second kappa shape index (κ2) is 4.41. The molecular formula is C14H11N4. The number of benzene rings is 2. The lowest BCUT2D eigenvalue weighted by molar-refractivity contribution is 0.881. The van der Waals surface area contributed by atoms with Crippen LogP contribution in [0, 0.1) is 13.0 Å². The third-order valence-corrected chi connectivity index (χ3v) is 2.95. The second-order valence-corrected chi connectivity index (χ2v) is 4.02. The predicted molar refractivity (Wildman–Crippen MR) is 68.6 cm³/mol. The summed E-state index contributed by atoms with van der Waals surface area (Å²) in [5, 5.41) is 13.9. The Balaban J connectivity index is 2.16. The van der Waals surface area contributed by atoms with Crippen LogP contribution in [0.5, 0.6) is 0 Å². The highest BCUT2D eigenvalue weighted by Gasteiger charge is 2.10. The SMILES string of the molecule is Cc1c(-c2ccccc2)c[c]cc1-c1nnn[nH]1. The molecule has 0 saturated heterocycles. The molecule has 2 aromatic carbocycles. The van der Waals surface area contributed by atoms with E-state index in [1.807, 2.05) is 30.3 Å². The average molecular weight is 235 g/mol. The number of rotatable bonds is 2. The van der Waals surface area contributed by atoms with Gasteiger partial charge >= 0.3 is 0 Å². The van der Waals surface area contributed by atoms with Crippen molar-refractivity contribution >= 4 is 0 Å². The number of H-pyrrole nitrogens is 1. The highest BCUT2D eigenvalue weighted by Crippen LogP contribution is 2.29. The Morgan fingerprint density at radius 3 is 2.56 bits per heavy atom. The van der Waals surface area contributed by atoms with Crippen molar-refractivity contribution in [1.29, 1.82) is 0 Å². The molecule has 3 aromatic rings. The van der Waals surface area contributed by atoms with Crippen molar-refractivity contribution in [2.45, 2.75) is 6.92 Å². The van der Waals surface area contributed by atoms with Crippen LogP contribution in [0.3, 0.4) is 0 Å². The summed E-state index contributed by atoms with van der Waals surface area (Å²) in [7, 11) is 0. The third-order valence-electron chi connectivity index (χ3n) is 2.95. The molecule has 4 heteroatoms. The van der Waals surface area contributed by atoms with Gasteiger partial charge in [-0.25, -0.2) is 5.10 Å². The zero-order valence-corrected chi connectivity index (χ0v) is 9.88. The molecule has 0 aliphatic rings. The molecule has 3 rings (SSSR count). The maximum atomic E-state index is 3.95. The number of aromatic amines is 1.